The largest absolute Gasteiger partial charge is 0.254 e. The van der Waals surface area contributed by atoms with Gasteiger partial charge in [0.05, 0.1) is 22.9 Å². The fourth-order valence-corrected chi connectivity index (χ4v) is 1.08. The number of fused-ring (bicyclic) bond motifs is 1. The zero-order valence-corrected chi connectivity index (χ0v) is 6.28. The molecule has 2 aromatic heterocycles. The average molecular weight is 166 g/mol. The minimum Gasteiger partial charge on any atom is -0.254 e. The molecule has 2 rings (SSSR count). The first-order chi connectivity index (χ1) is 5.38. The van der Waals surface area contributed by atoms with Gasteiger partial charge in [-0.25, -0.2) is 0 Å². The van der Waals surface area contributed by atoms with Gasteiger partial charge in [-0.1, -0.05) is 11.6 Å². The van der Waals surface area contributed by atoms with Gasteiger partial charge in [-0.05, 0) is 6.07 Å². The molecule has 0 aliphatic rings. The number of aromatic nitrogens is 3. The van der Waals surface area contributed by atoms with E-state index in [0.29, 0.717) is 5.02 Å². The first-order valence-corrected chi connectivity index (χ1v) is 3.46. The summed E-state index contributed by atoms with van der Waals surface area (Å²) in [5.74, 6) is 0. The zero-order chi connectivity index (χ0) is 7.68. The number of hydrogen-bond acceptors (Lipinski definition) is 3. The molecule has 0 aliphatic carbocycles. The zero-order valence-electron chi connectivity index (χ0n) is 5.53. The molecule has 0 aromatic carbocycles. The summed E-state index contributed by atoms with van der Waals surface area (Å²) in [6, 6.07) is 1.73. The summed E-state index contributed by atoms with van der Waals surface area (Å²) >= 11 is 5.85. The van der Waals surface area contributed by atoms with Crippen LogP contribution in [-0.4, -0.2) is 15.2 Å². The third-order valence-corrected chi connectivity index (χ3v) is 1.73. The Kier molecular flexibility index (Phi) is 1.43. The SMILES string of the molecule is Clc1ccnc2cnncc12. The van der Waals surface area contributed by atoms with Crippen molar-refractivity contribution >= 4 is 22.5 Å². The van der Waals surface area contributed by atoms with E-state index in [4.69, 9.17) is 11.6 Å². The minimum atomic E-state index is 0.657. The predicted molar refractivity (Wildman–Crippen MR) is 42.3 cm³/mol. The van der Waals surface area contributed by atoms with Crippen LogP contribution in [0.15, 0.2) is 24.7 Å². The van der Waals surface area contributed by atoms with Crippen molar-refractivity contribution in [2.75, 3.05) is 0 Å². The Bertz CT molecular complexity index is 383. The van der Waals surface area contributed by atoms with Crippen LogP contribution >= 0.6 is 11.6 Å². The normalized spacial score (nSPS) is 10.3. The Morgan fingerprint density at radius 2 is 2.00 bits per heavy atom. The van der Waals surface area contributed by atoms with Crippen LogP contribution in [0.4, 0.5) is 0 Å². The van der Waals surface area contributed by atoms with Crippen molar-refractivity contribution in [3.05, 3.63) is 29.7 Å². The van der Waals surface area contributed by atoms with Gasteiger partial charge < -0.3 is 0 Å². The van der Waals surface area contributed by atoms with Gasteiger partial charge in [0.1, 0.15) is 0 Å². The first-order valence-electron chi connectivity index (χ1n) is 3.09. The van der Waals surface area contributed by atoms with Crippen molar-refractivity contribution in [3.63, 3.8) is 0 Å². The van der Waals surface area contributed by atoms with Gasteiger partial charge >= 0.3 is 0 Å². The lowest BCUT2D eigenvalue weighted by Crippen LogP contribution is -1.83. The number of halogens is 1. The molecule has 2 heterocycles. The summed E-state index contributed by atoms with van der Waals surface area (Å²) < 4.78 is 0. The Balaban J connectivity index is 2.91. The summed E-state index contributed by atoms with van der Waals surface area (Å²) in [6.07, 6.45) is 4.83. The molecule has 4 heteroatoms. The summed E-state index contributed by atoms with van der Waals surface area (Å²) in [5, 5.41) is 8.88. The maximum absolute atomic E-state index is 5.85. The van der Waals surface area contributed by atoms with Crippen LogP contribution in [0.1, 0.15) is 0 Å². The van der Waals surface area contributed by atoms with Crippen molar-refractivity contribution in [1.29, 1.82) is 0 Å². The fraction of sp³-hybridized carbons (Fsp3) is 0. The Morgan fingerprint density at radius 1 is 1.18 bits per heavy atom. The van der Waals surface area contributed by atoms with Crippen LogP contribution in [0.2, 0.25) is 5.02 Å². The van der Waals surface area contributed by atoms with Crippen molar-refractivity contribution in [1.82, 2.24) is 15.2 Å². The second-order valence-electron chi connectivity index (χ2n) is 2.08. The second-order valence-corrected chi connectivity index (χ2v) is 2.49. The van der Waals surface area contributed by atoms with Crippen LogP contribution in [0.3, 0.4) is 0 Å². The lowest BCUT2D eigenvalue weighted by atomic mass is 10.3. The molecule has 0 N–H and O–H groups in total. The summed E-state index contributed by atoms with van der Waals surface area (Å²) in [7, 11) is 0. The molecule has 0 spiro atoms. The van der Waals surface area contributed by atoms with Crippen molar-refractivity contribution in [2.24, 2.45) is 0 Å². The number of hydrogen-bond donors (Lipinski definition) is 0. The van der Waals surface area contributed by atoms with E-state index in [1.54, 1.807) is 24.7 Å². The average Bonchev–Trinajstić information content (AvgIpc) is 2.06. The minimum absolute atomic E-state index is 0.657. The van der Waals surface area contributed by atoms with Gasteiger partial charge in [-0.15, -0.1) is 0 Å². The Hall–Kier alpha value is -1.22. The molecule has 54 valence electrons. The topological polar surface area (TPSA) is 38.7 Å². The van der Waals surface area contributed by atoms with E-state index >= 15 is 0 Å². The number of rotatable bonds is 0. The van der Waals surface area contributed by atoms with Crippen LogP contribution in [0.25, 0.3) is 10.9 Å². The molecule has 0 aliphatic heterocycles. The molecule has 0 radical (unpaired) electrons. The molecule has 0 fully saturated rings. The Labute approximate surface area is 68.0 Å². The monoisotopic (exact) mass is 165 g/mol. The van der Waals surface area contributed by atoms with E-state index in [0.717, 1.165) is 10.9 Å². The number of nitrogens with zero attached hydrogens (tertiary/aromatic N) is 3. The van der Waals surface area contributed by atoms with Gasteiger partial charge in [-0.3, -0.25) is 4.98 Å². The summed E-state index contributed by atoms with van der Waals surface area (Å²) in [4.78, 5) is 4.06. The quantitative estimate of drug-likeness (QED) is 0.596. The molecule has 0 bridgehead atoms. The first kappa shape index (κ1) is 6.49. The third-order valence-electron chi connectivity index (χ3n) is 1.40. The summed E-state index contributed by atoms with van der Waals surface area (Å²) in [5.41, 5.74) is 0.771. The van der Waals surface area contributed by atoms with Crippen LogP contribution < -0.4 is 0 Å². The molecule has 0 saturated carbocycles. The molecular formula is C7H4ClN3. The molecule has 11 heavy (non-hydrogen) atoms. The third kappa shape index (κ3) is 1.03. The smallest absolute Gasteiger partial charge is 0.0934 e. The molecule has 0 saturated heterocycles. The lowest BCUT2D eigenvalue weighted by Gasteiger charge is -1.94. The van der Waals surface area contributed by atoms with Gasteiger partial charge in [0.15, 0.2) is 0 Å². The molecule has 3 nitrogen and oxygen atoms in total. The van der Waals surface area contributed by atoms with E-state index < -0.39 is 0 Å². The predicted octanol–water partition coefficient (Wildman–Crippen LogP) is 1.68. The highest BCUT2D eigenvalue weighted by atomic mass is 35.5. The highest BCUT2D eigenvalue weighted by molar-refractivity contribution is 6.35. The van der Waals surface area contributed by atoms with Gasteiger partial charge in [-0.2, -0.15) is 10.2 Å². The maximum Gasteiger partial charge on any atom is 0.0934 e. The standard InChI is InChI=1S/C7H4ClN3/c8-6-1-2-9-7-4-11-10-3-5(6)7/h1-4H. The maximum atomic E-state index is 5.85. The highest BCUT2D eigenvalue weighted by Crippen LogP contribution is 2.18. The van der Waals surface area contributed by atoms with Crippen LogP contribution in [0.5, 0.6) is 0 Å². The molecule has 0 amide bonds. The molecular weight excluding hydrogens is 162 g/mol. The lowest BCUT2D eigenvalue weighted by molar-refractivity contribution is 1.04. The van der Waals surface area contributed by atoms with Gasteiger partial charge in [0.25, 0.3) is 0 Å². The van der Waals surface area contributed by atoms with Crippen molar-refractivity contribution < 1.29 is 0 Å². The molecule has 0 atom stereocenters. The van der Waals surface area contributed by atoms with Crippen LogP contribution in [-0.2, 0) is 0 Å². The Morgan fingerprint density at radius 3 is 2.82 bits per heavy atom. The van der Waals surface area contributed by atoms with Crippen molar-refractivity contribution in [2.45, 2.75) is 0 Å². The van der Waals surface area contributed by atoms with Crippen LogP contribution in [0, 0.1) is 0 Å². The molecule has 2 aromatic rings. The van der Waals surface area contributed by atoms with E-state index in [-0.39, 0.29) is 0 Å². The molecule has 0 unspecified atom stereocenters. The van der Waals surface area contributed by atoms with E-state index in [1.165, 1.54) is 0 Å². The fourth-order valence-electron chi connectivity index (χ4n) is 0.874. The van der Waals surface area contributed by atoms with Gasteiger partial charge in [0.2, 0.25) is 0 Å². The van der Waals surface area contributed by atoms with E-state index in [9.17, 15) is 0 Å². The summed E-state index contributed by atoms with van der Waals surface area (Å²) in [6.45, 7) is 0. The number of pyridine rings is 1. The van der Waals surface area contributed by atoms with E-state index in [2.05, 4.69) is 15.2 Å². The highest BCUT2D eigenvalue weighted by Gasteiger charge is 1.97. The second kappa shape index (κ2) is 2.43. The van der Waals surface area contributed by atoms with Gasteiger partial charge in [0, 0.05) is 11.6 Å². The van der Waals surface area contributed by atoms with E-state index in [1.807, 2.05) is 0 Å². The van der Waals surface area contributed by atoms with Crippen molar-refractivity contribution in [3.8, 4) is 0 Å².